The number of hydrogen-bond donors (Lipinski definition) is 1. The van der Waals surface area contributed by atoms with Gasteiger partial charge in [-0.3, -0.25) is 14.5 Å². The SMILES string of the molecule is Cc1cc(NC=O)nc(C)c1Oc1ccnc(-c2cnn(C)c2)c1. The van der Waals surface area contributed by atoms with E-state index in [0.29, 0.717) is 29.4 Å². The van der Waals surface area contributed by atoms with Crippen LogP contribution >= 0.6 is 0 Å². The Bertz CT molecular complexity index is 865. The maximum absolute atomic E-state index is 10.6. The van der Waals surface area contributed by atoms with Gasteiger partial charge in [-0.1, -0.05) is 0 Å². The normalized spacial score (nSPS) is 10.5. The van der Waals surface area contributed by atoms with Crippen molar-refractivity contribution in [2.75, 3.05) is 5.32 Å². The van der Waals surface area contributed by atoms with Crippen molar-refractivity contribution in [2.24, 2.45) is 7.05 Å². The molecule has 0 radical (unpaired) electrons. The first-order chi connectivity index (χ1) is 11.6. The molecule has 3 heterocycles. The fourth-order valence-electron chi connectivity index (χ4n) is 2.41. The van der Waals surface area contributed by atoms with Crippen molar-refractivity contribution >= 4 is 12.2 Å². The highest BCUT2D eigenvalue weighted by Crippen LogP contribution is 2.30. The lowest BCUT2D eigenvalue weighted by molar-refractivity contribution is -0.105. The fourth-order valence-corrected chi connectivity index (χ4v) is 2.41. The van der Waals surface area contributed by atoms with Gasteiger partial charge in [-0.25, -0.2) is 4.98 Å². The number of nitrogens with zero attached hydrogens (tertiary/aromatic N) is 4. The third kappa shape index (κ3) is 3.24. The minimum absolute atomic E-state index is 0.498. The molecule has 122 valence electrons. The molecule has 0 aliphatic heterocycles. The van der Waals surface area contributed by atoms with Crippen molar-refractivity contribution in [3.8, 4) is 22.8 Å². The number of ether oxygens (including phenoxy) is 1. The minimum atomic E-state index is 0.498. The average Bonchev–Trinajstić information content (AvgIpc) is 2.98. The zero-order valence-corrected chi connectivity index (χ0v) is 13.6. The summed E-state index contributed by atoms with van der Waals surface area (Å²) in [6.07, 6.45) is 5.94. The van der Waals surface area contributed by atoms with Crippen LogP contribution in [0, 0.1) is 13.8 Å². The van der Waals surface area contributed by atoms with Gasteiger partial charge in [0, 0.05) is 31.1 Å². The standard InChI is InChI=1S/C17H17N5O2/c1-11-6-16(19-10-23)21-12(2)17(11)24-14-4-5-18-15(7-14)13-8-20-22(3)9-13/h4-10H,1-3H3,(H,19,21,23). The number of hydrogen-bond acceptors (Lipinski definition) is 5. The van der Waals surface area contributed by atoms with E-state index < -0.39 is 0 Å². The van der Waals surface area contributed by atoms with Crippen LogP contribution in [-0.2, 0) is 11.8 Å². The first-order valence-electron chi connectivity index (χ1n) is 7.38. The van der Waals surface area contributed by atoms with Crippen LogP contribution in [0.1, 0.15) is 11.3 Å². The highest BCUT2D eigenvalue weighted by molar-refractivity contribution is 5.69. The Morgan fingerprint density at radius 2 is 2.12 bits per heavy atom. The summed E-state index contributed by atoms with van der Waals surface area (Å²) in [5, 5.41) is 6.70. The van der Waals surface area contributed by atoms with E-state index in [4.69, 9.17) is 4.74 Å². The van der Waals surface area contributed by atoms with E-state index >= 15 is 0 Å². The number of carbonyl (C=O) groups is 1. The maximum atomic E-state index is 10.6. The third-order valence-corrected chi connectivity index (χ3v) is 3.49. The lowest BCUT2D eigenvalue weighted by Gasteiger charge is -2.13. The Labute approximate surface area is 139 Å². The van der Waals surface area contributed by atoms with Crippen molar-refractivity contribution in [3.05, 3.63) is 48.0 Å². The van der Waals surface area contributed by atoms with E-state index in [2.05, 4.69) is 20.4 Å². The Hall–Kier alpha value is -3.22. The van der Waals surface area contributed by atoms with Gasteiger partial charge in [0.2, 0.25) is 6.41 Å². The number of amides is 1. The molecule has 24 heavy (non-hydrogen) atoms. The van der Waals surface area contributed by atoms with Crippen LogP contribution in [0.25, 0.3) is 11.3 Å². The lowest BCUT2D eigenvalue weighted by atomic mass is 10.2. The zero-order valence-electron chi connectivity index (χ0n) is 13.6. The summed E-state index contributed by atoms with van der Waals surface area (Å²) in [6.45, 7) is 3.74. The number of nitrogens with one attached hydrogen (secondary N) is 1. The topological polar surface area (TPSA) is 81.9 Å². The summed E-state index contributed by atoms with van der Waals surface area (Å²) in [4.78, 5) is 19.2. The van der Waals surface area contributed by atoms with Crippen molar-refractivity contribution in [3.63, 3.8) is 0 Å². The maximum Gasteiger partial charge on any atom is 0.212 e. The molecule has 0 spiro atoms. The molecule has 1 N–H and O–H groups in total. The van der Waals surface area contributed by atoms with Crippen LogP contribution in [0.4, 0.5) is 5.82 Å². The van der Waals surface area contributed by atoms with Crippen molar-refractivity contribution in [1.82, 2.24) is 19.7 Å². The Kier molecular flexibility index (Phi) is 4.24. The number of aromatic nitrogens is 4. The van der Waals surface area contributed by atoms with Gasteiger partial charge >= 0.3 is 0 Å². The first kappa shape index (κ1) is 15.7. The second-order valence-electron chi connectivity index (χ2n) is 5.38. The summed E-state index contributed by atoms with van der Waals surface area (Å²) in [6, 6.07) is 5.41. The highest BCUT2D eigenvalue weighted by Gasteiger charge is 2.11. The number of rotatable bonds is 5. The largest absolute Gasteiger partial charge is 0.455 e. The molecule has 3 aromatic rings. The van der Waals surface area contributed by atoms with E-state index in [9.17, 15) is 4.79 Å². The van der Waals surface area contributed by atoms with E-state index in [1.807, 2.05) is 33.2 Å². The average molecular weight is 323 g/mol. The first-order valence-corrected chi connectivity index (χ1v) is 7.38. The molecule has 7 heteroatoms. The minimum Gasteiger partial charge on any atom is -0.455 e. The van der Waals surface area contributed by atoms with Crippen LogP contribution in [0.2, 0.25) is 0 Å². The summed E-state index contributed by atoms with van der Waals surface area (Å²) < 4.78 is 7.72. The van der Waals surface area contributed by atoms with Crippen LogP contribution in [0.15, 0.2) is 36.8 Å². The third-order valence-electron chi connectivity index (χ3n) is 3.49. The van der Waals surface area contributed by atoms with Crippen LogP contribution < -0.4 is 10.1 Å². The van der Waals surface area contributed by atoms with Gasteiger partial charge in [-0.15, -0.1) is 0 Å². The van der Waals surface area contributed by atoms with Gasteiger partial charge in [0.1, 0.15) is 11.6 Å². The van der Waals surface area contributed by atoms with E-state index in [1.165, 1.54) is 0 Å². The van der Waals surface area contributed by atoms with Crippen LogP contribution in [0.5, 0.6) is 11.5 Å². The summed E-state index contributed by atoms with van der Waals surface area (Å²) in [5.41, 5.74) is 3.27. The summed E-state index contributed by atoms with van der Waals surface area (Å²) in [7, 11) is 1.86. The van der Waals surface area contributed by atoms with E-state index in [0.717, 1.165) is 16.8 Å². The molecule has 0 aliphatic rings. The van der Waals surface area contributed by atoms with Gasteiger partial charge in [0.15, 0.2) is 5.75 Å². The quantitative estimate of drug-likeness (QED) is 0.730. The molecule has 1 amide bonds. The van der Waals surface area contributed by atoms with Crippen LogP contribution in [0.3, 0.4) is 0 Å². The van der Waals surface area contributed by atoms with Crippen LogP contribution in [-0.4, -0.2) is 26.2 Å². The summed E-state index contributed by atoms with van der Waals surface area (Å²) >= 11 is 0. The molecule has 0 saturated carbocycles. The number of aryl methyl sites for hydroxylation is 3. The monoisotopic (exact) mass is 323 g/mol. The molecular formula is C17H17N5O2. The van der Waals surface area contributed by atoms with E-state index in [1.54, 1.807) is 29.2 Å². The number of pyridine rings is 2. The Balaban J connectivity index is 1.90. The van der Waals surface area contributed by atoms with Gasteiger partial charge in [-0.2, -0.15) is 5.10 Å². The van der Waals surface area contributed by atoms with Gasteiger partial charge in [-0.05, 0) is 31.5 Å². The number of carbonyl (C=O) groups excluding carboxylic acids is 1. The number of anilines is 1. The Morgan fingerprint density at radius 3 is 2.79 bits per heavy atom. The molecule has 0 aliphatic carbocycles. The second-order valence-corrected chi connectivity index (χ2v) is 5.38. The van der Waals surface area contributed by atoms with Gasteiger partial charge < -0.3 is 10.1 Å². The highest BCUT2D eigenvalue weighted by atomic mass is 16.5. The predicted octanol–water partition coefficient (Wildman–Crippen LogP) is 2.85. The molecule has 0 fully saturated rings. The Morgan fingerprint density at radius 1 is 1.29 bits per heavy atom. The lowest BCUT2D eigenvalue weighted by Crippen LogP contribution is -2.01. The van der Waals surface area contributed by atoms with Gasteiger partial charge in [0.25, 0.3) is 0 Å². The van der Waals surface area contributed by atoms with E-state index in [-0.39, 0.29) is 0 Å². The molecule has 3 rings (SSSR count). The molecule has 7 nitrogen and oxygen atoms in total. The van der Waals surface area contributed by atoms with Crippen molar-refractivity contribution in [2.45, 2.75) is 13.8 Å². The molecule has 3 aromatic heterocycles. The fraction of sp³-hybridized carbons (Fsp3) is 0.176. The zero-order chi connectivity index (χ0) is 17.1. The molecule has 0 saturated heterocycles. The van der Waals surface area contributed by atoms with Gasteiger partial charge in [0.05, 0.1) is 17.6 Å². The predicted molar refractivity (Wildman–Crippen MR) is 89.9 cm³/mol. The smallest absolute Gasteiger partial charge is 0.212 e. The molecule has 0 bridgehead atoms. The molecule has 0 unspecified atom stereocenters. The van der Waals surface area contributed by atoms with Crippen molar-refractivity contribution < 1.29 is 9.53 Å². The second kappa shape index (κ2) is 6.49. The summed E-state index contributed by atoms with van der Waals surface area (Å²) in [5.74, 6) is 1.82. The molecule has 0 atom stereocenters. The van der Waals surface area contributed by atoms with Crippen molar-refractivity contribution in [1.29, 1.82) is 0 Å². The molecular weight excluding hydrogens is 306 g/mol. The molecule has 0 aromatic carbocycles.